The first-order valence-corrected chi connectivity index (χ1v) is 11.3. The average molecular weight is 432 g/mol. The van der Waals surface area contributed by atoms with Gasteiger partial charge in [-0.1, -0.05) is 36.4 Å². The van der Waals surface area contributed by atoms with Crippen LogP contribution in [0.2, 0.25) is 0 Å². The Bertz CT molecular complexity index is 1020. The number of rotatable bonds is 8. The summed E-state index contributed by atoms with van der Waals surface area (Å²) in [6.07, 6.45) is 1.54. The number of amidine groups is 1. The van der Waals surface area contributed by atoms with Gasteiger partial charge in [-0.05, 0) is 35.6 Å². The van der Waals surface area contributed by atoms with Gasteiger partial charge in [-0.25, -0.2) is 8.42 Å². The van der Waals surface area contributed by atoms with E-state index in [0.717, 1.165) is 17.4 Å². The summed E-state index contributed by atoms with van der Waals surface area (Å²) in [5.74, 6) is -0.520. The molecule has 0 bridgehead atoms. The van der Waals surface area contributed by atoms with Gasteiger partial charge in [0.15, 0.2) is 0 Å². The largest absolute Gasteiger partial charge is 0.492 e. The number of hydrogen-bond donors (Lipinski definition) is 3. The Hall–Kier alpha value is -2.91. The van der Waals surface area contributed by atoms with Crippen molar-refractivity contribution >= 4 is 21.8 Å². The summed E-state index contributed by atoms with van der Waals surface area (Å²) in [6.45, 7) is 0.365. The van der Waals surface area contributed by atoms with Crippen molar-refractivity contribution < 1.29 is 23.1 Å². The Kier molecular flexibility index (Phi) is 6.42. The van der Waals surface area contributed by atoms with Crippen LogP contribution in [0.1, 0.15) is 18.4 Å². The number of nitrogens with two attached hydrogens (primary N) is 1. The van der Waals surface area contributed by atoms with Gasteiger partial charge in [0.1, 0.15) is 18.2 Å². The van der Waals surface area contributed by atoms with Crippen LogP contribution in [0.5, 0.6) is 5.75 Å². The van der Waals surface area contributed by atoms with Gasteiger partial charge in [0.05, 0.1) is 12.3 Å². The summed E-state index contributed by atoms with van der Waals surface area (Å²) in [5.41, 5.74) is 8.08. The number of carboxylic acids is 1. The number of carbonyl (C=O) groups is 1. The highest BCUT2D eigenvalue weighted by atomic mass is 32.2. The van der Waals surface area contributed by atoms with E-state index in [0.29, 0.717) is 17.7 Å². The molecule has 2 aromatic carbocycles. The Labute approximate surface area is 175 Å². The fourth-order valence-corrected chi connectivity index (χ4v) is 4.88. The molecule has 1 saturated heterocycles. The van der Waals surface area contributed by atoms with E-state index in [-0.39, 0.29) is 37.4 Å². The molecule has 0 saturated carbocycles. The maximum Gasteiger partial charge on any atom is 0.303 e. The zero-order chi connectivity index (χ0) is 21.9. The van der Waals surface area contributed by atoms with Gasteiger partial charge in [-0.2, -0.15) is 4.31 Å². The van der Waals surface area contributed by atoms with E-state index < -0.39 is 16.0 Å². The fourth-order valence-electron chi connectivity index (χ4n) is 3.71. The minimum atomic E-state index is -3.44. The maximum absolute atomic E-state index is 12.1. The number of aliphatic carboxylic acids is 1. The normalized spacial score (nSPS) is 19.5. The average Bonchev–Trinajstić information content (AvgIpc) is 3.09. The third-order valence-corrected chi connectivity index (χ3v) is 6.47. The summed E-state index contributed by atoms with van der Waals surface area (Å²) in [6, 6.07) is 14.4. The smallest absolute Gasteiger partial charge is 0.303 e. The van der Waals surface area contributed by atoms with Crippen molar-refractivity contribution in [2.45, 2.75) is 18.9 Å². The lowest BCUT2D eigenvalue weighted by atomic mass is 10.0. The van der Waals surface area contributed by atoms with E-state index in [1.54, 1.807) is 12.1 Å². The molecule has 3 rings (SSSR count). The molecule has 0 amide bonds. The molecule has 0 unspecified atom stereocenters. The molecule has 8 nitrogen and oxygen atoms in total. The summed E-state index contributed by atoms with van der Waals surface area (Å²) < 4.78 is 31.3. The van der Waals surface area contributed by atoms with Crippen LogP contribution >= 0.6 is 0 Å². The van der Waals surface area contributed by atoms with Crippen molar-refractivity contribution in [2.75, 3.05) is 19.4 Å². The van der Waals surface area contributed by atoms with Gasteiger partial charge in [0.25, 0.3) is 0 Å². The van der Waals surface area contributed by atoms with Crippen LogP contribution in [0.25, 0.3) is 11.1 Å². The molecule has 0 aliphatic carbocycles. The lowest BCUT2D eigenvalue weighted by Crippen LogP contribution is -2.38. The van der Waals surface area contributed by atoms with Crippen LogP contribution in [0.4, 0.5) is 0 Å². The highest BCUT2D eigenvalue weighted by Gasteiger charge is 2.38. The lowest BCUT2D eigenvalue weighted by Gasteiger charge is -2.22. The molecular formula is C21H25N3O5S. The Morgan fingerprint density at radius 3 is 2.23 bits per heavy atom. The number of benzene rings is 2. The highest BCUT2D eigenvalue weighted by molar-refractivity contribution is 7.88. The first-order chi connectivity index (χ1) is 14.1. The van der Waals surface area contributed by atoms with Gasteiger partial charge < -0.3 is 15.6 Å². The van der Waals surface area contributed by atoms with E-state index >= 15 is 0 Å². The Balaban J connectivity index is 1.65. The van der Waals surface area contributed by atoms with Crippen molar-refractivity contribution in [1.29, 1.82) is 5.41 Å². The predicted octanol–water partition coefficient (Wildman–Crippen LogP) is 2.14. The van der Waals surface area contributed by atoms with Crippen molar-refractivity contribution in [2.24, 2.45) is 11.7 Å². The maximum atomic E-state index is 12.1. The van der Waals surface area contributed by atoms with Gasteiger partial charge in [-0.15, -0.1) is 0 Å². The quantitative estimate of drug-likeness (QED) is 0.433. The summed E-state index contributed by atoms with van der Waals surface area (Å²) in [7, 11) is -3.44. The molecule has 0 radical (unpaired) electrons. The van der Waals surface area contributed by atoms with E-state index in [1.165, 1.54) is 4.31 Å². The molecule has 2 aromatic rings. The second-order valence-electron chi connectivity index (χ2n) is 7.51. The van der Waals surface area contributed by atoms with Crippen molar-refractivity contribution in [1.82, 2.24) is 4.31 Å². The zero-order valence-corrected chi connectivity index (χ0v) is 17.4. The summed E-state index contributed by atoms with van der Waals surface area (Å²) >= 11 is 0. The second-order valence-corrected chi connectivity index (χ2v) is 9.45. The second kappa shape index (κ2) is 8.85. The molecule has 30 heavy (non-hydrogen) atoms. The third kappa shape index (κ3) is 5.37. The molecule has 1 aliphatic heterocycles. The molecule has 0 spiro atoms. The predicted molar refractivity (Wildman–Crippen MR) is 114 cm³/mol. The fraction of sp³-hybridized carbons (Fsp3) is 0.333. The van der Waals surface area contributed by atoms with Crippen LogP contribution < -0.4 is 10.5 Å². The SMILES string of the molecule is CS(=O)(=O)N1C[C@@H](CC(=O)O)C[C@@H]1COc1ccc(-c2ccc(C(=N)N)cc2)cc1. The van der Waals surface area contributed by atoms with Crippen LogP contribution in [0.3, 0.4) is 0 Å². The van der Waals surface area contributed by atoms with Crippen LogP contribution in [-0.4, -0.2) is 55.1 Å². The van der Waals surface area contributed by atoms with E-state index in [9.17, 15) is 13.2 Å². The van der Waals surface area contributed by atoms with Gasteiger partial charge in [-0.3, -0.25) is 10.2 Å². The summed E-state index contributed by atoms with van der Waals surface area (Å²) in [5, 5.41) is 16.4. The molecule has 4 N–H and O–H groups in total. The number of nitrogens with one attached hydrogen (secondary N) is 1. The van der Waals surface area contributed by atoms with Crippen LogP contribution in [-0.2, 0) is 14.8 Å². The van der Waals surface area contributed by atoms with E-state index in [4.69, 9.17) is 21.0 Å². The molecule has 1 aliphatic rings. The van der Waals surface area contributed by atoms with Crippen molar-refractivity contribution in [3.63, 3.8) is 0 Å². The van der Waals surface area contributed by atoms with E-state index in [2.05, 4.69) is 0 Å². The number of sulfonamides is 1. The van der Waals surface area contributed by atoms with Gasteiger partial charge in [0, 0.05) is 18.5 Å². The molecule has 160 valence electrons. The number of nitrogen functional groups attached to an aromatic ring is 1. The zero-order valence-electron chi connectivity index (χ0n) is 16.6. The Morgan fingerprint density at radius 2 is 1.73 bits per heavy atom. The minimum Gasteiger partial charge on any atom is -0.492 e. The molecule has 1 heterocycles. The van der Waals surface area contributed by atoms with Crippen LogP contribution in [0, 0.1) is 11.3 Å². The van der Waals surface area contributed by atoms with Crippen molar-refractivity contribution in [3.8, 4) is 16.9 Å². The van der Waals surface area contributed by atoms with Gasteiger partial charge >= 0.3 is 5.97 Å². The molecule has 1 fully saturated rings. The minimum absolute atomic E-state index is 0.0194. The van der Waals surface area contributed by atoms with Crippen molar-refractivity contribution in [3.05, 3.63) is 54.1 Å². The summed E-state index contributed by atoms with van der Waals surface area (Å²) in [4.78, 5) is 11.0. The number of nitrogens with zero attached hydrogens (tertiary/aromatic N) is 1. The number of ether oxygens (including phenoxy) is 1. The molecule has 9 heteroatoms. The Morgan fingerprint density at radius 1 is 1.17 bits per heavy atom. The molecular weight excluding hydrogens is 406 g/mol. The van der Waals surface area contributed by atoms with Gasteiger partial charge in [0.2, 0.25) is 10.0 Å². The standard InChI is InChI=1S/C21H25N3O5S/c1-30(27,28)24-12-14(11-20(25)26)10-18(24)13-29-19-8-6-16(7-9-19)15-2-4-17(5-3-15)21(22)23/h2-9,14,18H,10-13H2,1H3,(H3,22,23)(H,25,26)/t14-,18-/m1/s1. The molecule has 2 atom stereocenters. The first-order valence-electron chi connectivity index (χ1n) is 9.50. The van der Waals surface area contributed by atoms with E-state index in [1.807, 2.05) is 36.4 Å². The lowest BCUT2D eigenvalue weighted by molar-refractivity contribution is -0.138. The monoisotopic (exact) mass is 431 g/mol. The topological polar surface area (TPSA) is 134 Å². The number of carboxylic acid groups (broad SMARTS) is 1. The molecule has 0 aromatic heterocycles. The first kappa shape index (κ1) is 21.8. The third-order valence-electron chi connectivity index (χ3n) is 5.17. The highest BCUT2D eigenvalue weighted by Crippen LogP contribution is 2.29. The number of hydrogen-bond acceptors (Lipinski definition) is 5. The van der Waals surface area contributed by atoms with Crippen LogP contribution in [0.15, 0.2) is 48.5 Å².